The molecule has 2 aromatic carbocycles. The lowest BCUT2D eigenvalue weighted by molar-refractivity contribution is 0.111. The van der Waals surface area contributed by atoms with Crippen LogP contribution >= 0.6 is 0 Å². The maximum atomic E-state index is 13.9. The Morgan fingerprint density at radius 3 is 2.50 bits per heavy atom. The highest BCUT2D eigenvalue weighted by molar-refractivity contribution is 7.92. The zero-order chi connectivity index (χ0) is 16.3. The van der Waals surface area contributed by atoms with Crippen LogP contribution < -0.4 is 4.72 Å². The third-order valence-corrected chi connectivity index (χ3v) is 4.21. The highest BCUT2D eigenvalue weighted by atomic mass is 32.2. The number of rotatable bonds is 5. The topological polar surface area (TPSA) is 63.2 Å². The molecule has 0 atom stereocenters. The van der Waals surface area contributed by atoms with E-state index in [2.05, 4.69) is 0 Å². The molecule has 1 N–H and O–H groups in total. The molecule has 0 aliphatic heterocycles. The lowest BCUT2D eigenvalue weighted by Crippen LogP contribution is -2.15. The van der Waals surface area contributed by atoms with Gasteiger partial charge in [0.2, 0.25) is 0 Å². The van der Waals surface area contributed by atoms with Crippen molar-refractivity contribution in [2.45, 2.75) is 11.6 Å². The van der Waals surface area contributed by atoms with Crippen molar-refractivity contribution in [3.8, 4) is 0 Å². The molecule has 116 valence electrons. The fourth-order valence-corrected chi connectivity index (χ4v) is 2.88. The molecular formula is C14H10F3NO3S. The summed E-state index contributed by atoms with van der Waals surface area (Å²) in [7, 11) is -4.20. The lowest BCUT2D eigenvalue weighted by atomic mass is 10.2. The number of benzene rings is 2. The summed E-state index contributed by atoms with van der Waals surface area (Å²) in [6.45, 7) is -0.858. The van der Waals surface area contributed by atoms with Crippen LogP contribution in [-0.2, 0) is 16.7 Å². The van der Waals surface area contributed by atoms with Gasteiger partial charge in [0.15, 0.2) is 12.1 Å². The van der Waals surface area contributed by atoms with E-state index in [9.17, 15) is 26.4 Å². The van der Waals surface area contributed by atoms with E-state index < -0.39 is 39.6 Å². The van der Waals surface area contributed by atoms with Crippen molar-refractivity contribution in [3.05, 3.63) is 59.2 Å². The van der Waals surface area contributed by atoms with E-state index in [1.54, 1.807) is 0 Å². The van der Waals surface area contributed by atoms with Crippen LogP contribution in [0.15, 0.2) is 41.3 Å². The number of hydrogen-bond donors (Lipinski definition) is 1. The Morgan fingerprint density at radius 1 is 1.14 bits per heavy atom. The smallest absolute Gasteiger partial charge is 0.261 e. The summed E-state index contributed by atoms with van der Waals surface area (Å²) in [6, 6.07) is 6.63. The van der Waals surface area contributed by atoms with Gasteiger partial charge in [0.25, 0.3) is 10.0 Å². The second-order valence-electron chi connectivity index (χ2n) is 4.33. The molecule has 0 saturated carbocycles. The molecule has 0 heterocycles. The molecule has 2 rings (SSSR count). The minimum atomic E-state index is -4.20. The van der Waals surface area contributed by atoms with Crippen LogP contribution in [0.5, 0.6) is 0 Å². The summed E-state index contributed by atoms with van der Waals surface area (Å²) < 4.78 is 65.8. The zero-order valence-electron chi connectivity index (χ0n) is 11.0. The van der Waals surface area contributed by atoms with Gasteiger partial charge in [0.05, 0.1) is 16.1 Å². The van der Waals surface area contributed by atoms with Gasteiger partial charge in [-0.1, -0.05) is 12.1 Å². The number of alkyl halides is 1. The summed E-state index contributed by atoms with van der Waals surface area (Å²) in [4.78, 5) is 10.3. The summed E-state index contributed by atoms with van der Waals surface area (Å²) in [5.41, 5.74) is -1.32. The van der Waals surface area contributed by atoms with Crippen LogP contribution in [0.2, 0.25) is 0 Å². The second-order valence-corrected chi connectivity index (χ2v) is 6.01. The van der Waals surface area contributed by atoms with Crippen molar-refractivity contribution < 1.29 is 26.4 Å². The summed E-state index contributed by atoms with van der Waals surface area (Å²) >= 11 is 0. The van der Waals surface area contributed by atoms with Gasteiger partial charge in [-0.15, -0.1) is 0 Å². The number of anilines is 1. The molecule has 4 nitrogen and oxygen atoms in total. The molecule has 0 bridgehead atoms. The van der Waals surface area contributed by atoms with Crippen LogP contribution in [0.1, 0.15) is 15.9 Å². The Morgan fingerprint density at radius 2 is 1.86 bits per heavy atom. The molecule has 8 heteroatoms. The molecule has 0 saturated heterocycles. The third-order valence-electron chi connectivity index (χ3n) is 2.85. The Labute approximate surface area is 124 Å². The number of carbonyl (C=O) groups excluding carboxylic acids is 1. The van der Waals surface area contributed by atoms with Crippen molar-refractivity contribution in [1.82, 2.24) is 0 Å². The quantitative estimate of drug-likeness (QED) is 0.858. The fourth-order valence-electron chi connectivity index (χ4n) is 1.76. The van der Waals surface area contributed by atoms with Crippen LogP contribution in [0.25, 0.3) is 0 Å². The molecule has 0 aliphatic rings. The van der Waals surface area contributed by atoms with Crippen LogP contribution in [-0.4, -0.2) is 14.7 Å². The van der Waals surface area contributed by atoms with Gasteiger partial charge in [-0.2, -0.15) is 0 Å². The van der Waals surface area contributed by atoms with Gasteiger partial charge in [0, 0.05) is 0 Å². The van der Waals surface area contributed by atoms with E-state index in [1.807, 2.05) is 4.72 Å². The first-order chi connectivity index (χ1) is 10.4. The molecule has 0 fully saturated rings. The highest BCUT2D eigenvalue weighted by Crippen LogP contribution is 2.23. The van der Waals surface area contributed by atoms with Crippen molar-refractivity contribution in [3.63, 3.8) is 0 Å². The Kier molecular flexibility index (Phi) is 4.51. The van der Waals surface area contributed by atoms with Gasteiger partial charge < -0.3 is 0 Å². The minimum Gasteiger partial charge on any atom is -0.298 e. The van der Waals surface area contributed by atoms with E-state index in [-0.39, 0.29) is 16.7 Å². The van der Waals surface area contributed by atoms with Gasteiger partial charge in [-0.25, -0.2) is 21.6 Å². The Hall–Kier alpha value is -2.35. The summed E-state index contributed by atoms with van der Waals surface area (Å²) in [5.74, 6) is -2.42. The number of hydrogen-bond acceptors (Lipinski definition) is 3. The van der Waals surface area contributed by atoms with E-state index in [4.69, 9.17) is 0 Å². The highest BCUT2D eigenvalue weighted by Gasteiger charge is 2.20. The maximum Gasteiger partial charge on any atom is 0.261 e. The maximum absolute atomic E-state index is 13.9. The van der Waals surface area contributed by atoms with Crippen LogP contribution in [0.3, 0.4) is 0 Å². The molecule has 0 radical (unpaired) electrons. The normalized spacial score (nSPS) is 11.2. The number of sulfonamides is 1. The standard InChI is InChI=1S/C14H10F3NO3S/c15-7-9-2-1-3-10(6-9)22(20,21)18-13-5-4-12(16)11(8-19)14(13)17/h1-6,8,18H,7H2. The molecule has 22 heavy (non-hydrogen) atoms. The molecule has 0 amide bonds. The van der Waals surface area contributed by atoms with Crippen molar-refractivity contribution in [1.29, 1.82) is 0 Å². The first-order valence-electron chi connectivity index (χ1n) is 6.00. The zero-order valence-corrected chi connectivity index (χ0v) is 11.8. The first-order valence-corrected chi connectivity index (χ1v) is 7.48. The van der Waals surface area contributed by atoms with E-state index >= 15 is 0 Å². The van der Waals surface area contributed by atoms with Gasteiger partial charge in [0.1, 0.15) is 12.5 Å². The largest absolute Gasteiger partial charge is 0.298 e. The van der Waals surface area contributed by atoms with E-state index in [1.165, 1.54) is 18.2 Å². The number of carbonyl (C=O) groups is 1. The summed E-state index contributed by atoms with van der Waals surface area (Å²) in [6.07, 6.45) is -0.0494. The SMILES string of the molecule is O=Cc1c(F)ccc(NS(=O)(=O)c2cccc(CF)c2)c1F. The fraction of sp³-hybridized carbons (Fsp3) is 0.0714. The second kappa shape index (κ2) is 6.18. The predicted octanol–water partition coefficient (Wildman–Crippen LogP) is 3.05. The average Bonchev–Trinajstić information content (AvgIpc) is 2.51. The summed E-state index contributed by atoms with van der Waals surface area (Å²) in [5, 5.41) is 0. The van der Waals surface area contributed by atoms with Gasteiger partial charge in [-0.05, 0) is 29.8 Å². The van der Waals surface area contributed by atoms with Crippen molar-refractivity contribution >= 4 is 22.0 Å². The van der Waals surface area contributed by atoms with E-state index in [0.717, 1.165) is 18.2 Å². The minimum absolute atomic E-state index is 0.0494. The molecule has 0 unspecified atom stereocenters. The van der Waals surface area contributed by atoms with Crippen molar-refractivity contribution in [2.75, 3.05) is 4.72 Å². The van der Waals surface area contributed by atoms with Gasteiger partial charge >= 0.3 is 0 Å². The monoisotopic (exact) mass is 329 g/mol. The lowest BCUT2D eigenvalue weighted by Gasteiger charge is -2.10. The molecule has 2 aromatic rings. The molecular weight excluding hydrogens is 319 g/mol. The predicted molar refractivity (Wildman–Crippen MR) is 73.8 cm³/mol. The van der Waals surface area contributed by atoms with Crippen LogP contribution in [0.4, 0.5) is 18.9 Å². The van der Waals surface area contributed by atoms with Crippen LogP contribution in [0, 0.1) is 11.6 Å². The molecule has 0 aliphatic carbocycles. The van der Waals surface area contributed by atoms with Crippen molar-refractivity contribution in [2.24, 2.45) is 0 Å². The number of nitrogens with one attached hydrogen (secondary N) is 1. The number of halogens is 3. The Balaban J connectivity index is 2.43. The Bertz CT molecular complexity index is 822. The molecule has 0 aromatic heterocycles. The third kappa shape index (κ3) is 3.11. The first kappa shape index (κ1) is 16.0. The molecule has 0 spiro atoms. The van der Waals surface area contributed by atoms with E-state index in [0.29, 0.717) is 0 Å². The number of aldehydes is 1. The van der Waals surface area contributed by atoms with Gasteiger partial charge in [-0.3, -0.25) is 9.52 Å². The average molecular weight is 329 g/mol.